The molecule has 0 radical (unpaired) electrons. The summed E-state index contributed by atoms with van der Waals surface area (Å²) in [6.45, 7) is 5.80. The van der Waals surface area contributed by atoms with Crippen molar-refractivity contribution >= 4 is 22.6 Å². The number of amides is 1. The Morgan fingerprint density at radius 3 is 2.52 bits per heavy atom. The van der Waals surface area contributed by atoms with E-state index in [9.17, 15) is 24.5 Å². The van der Waals surface area contributed by atoms with Gasteiger partial charge in [0.15, 0.2) is 0 Å². The Bertz CT molecular complexity index is 1270. The summed E-state index contributed by atoms with van der Waals surface area (Å²) in [6.07, 6.45) is 1.02. The standard InChI is InChI=1S/C20H19N3O6/c1-10(2)14-7-15-12(5-18(24)29-17(15)4-11(14)3)8-22-9-13(23(27)28)6-16(19(21)25)20(22)26/h4-7,9-10H,8H2,1-3H3,(H2,21,25). The molecule has 29 heavy (non-hydrogen) atoms. The van der Waals surface area contributed by atoms with Gasteiger partial charge in [-0.15, -0.1) is 0 Å². The van der Waals surface area contributed by atoms with Crippen molar-refractivity contribution in [3.8, 4) is 0 Å². The molecule has 9 nitrogen and oxygen atoms in total. The number of nitro groups is 1. The Morgan fingerprint density at radius 2 is 1.93 bits per heavy atom. The maximum absolute atomic E-state index is 12.6. The zero-order chi connectivity index (χ0) is 21.5. The van der Waals surface area contributed by atoms with Crippen LogP contribution in [0.4, 0.5) is 5.69 Å². The first-order valence-electron chi connectivity index (χ1n) is 8.84. The van der Waals surface area contributed by atoms with E-state index in [2.05, 4.69) is 0 Å². The van der Waals surface area contributed by atoms with E-state index in [1.165, 1.54) is 6.07 Å². The van der Waals surface area contributed by atoms with Crippen LogP contribution in [0, 0.1) is 17.0 Å². The Kier molecular flexibility index (Phi) is 5.06. The molecule has 9 heteroatoms. The molecule has 0 saturated heterocycles. The van der Waals surface area contributed by atoms with Crippen LogP contribution in [0.2, 0.25) is 0 Å². The number of primary amides is 1. The lowest BCUT2D eigenvalue weighted by Crippen LogP contribution is -2.30. The van der Waals surface area contributed by atoms with Gasteiger partial charge in [-0.3, -0.25) is 19.7 Å². The first-order chi connectivity index (χ1) is 13.6. The van der Waals surface area contributed by atoms with Crippen LogP contribution in [-0.2, 0) is 6.54 Å². The zero-order valence-electron chi connectivity index (χ0n) is 16.1. The van der Waals surface area contributed by atoms with Crippen molar-refractivity contribution in [2.75, 3.05) is 0 Å². The van der Waals surface area contributed by atoms with Gasteiger partial charge < -0.3 is 14.7 Å². The van der Waals surface area contributed by atoms with Crippen molar-refractivity contribution in [3.05, 3.63) is 83.6 Å². The fourth-order valence-corrected chi connectivity index (χ4v) is 3.34. The minimum absolute atomic E-state index is 0.163. The lowest BCUT2D eigenvalue weighted by atomic mass is 9.95. The van der Waals surface area contributed by atoms with E-state index in [4.69, 9.17) is 10.2 Å². The fourth-order valence-electron chi connectivity index (χ4n) is 3.34. The molecule has 150 valence electrons. The summed E-state index contributed by atoms with van der Waals surface area (Å²) >= 11 is 0. The Labute approximate surface area is 164 Å². The molecule has 2 N–H and O–H groups in total. The summed E-state index contributed by atoms with van der Waals surface area (Å²) in [5.74, 6) is -0.858. The normalized spacial score (nSPS) is 11.2. The smallest absolute Gasteiger partial charge is 0.336 e. The molecule has 0 bridgehead atoms. The van der Waals surface area contributed by atoms with Gasteiger partial charge in [0.05, 0.1) is 17.7 Å². The molecule has 0 unspecified atom stereocenters. The quantitative estimate of drug-likeness (QED) is 0.398. The third kappa shape index (κ3) is 3.79. The number of nitrogens with two attached hydrogens (primary N) is 1. The van der Waals surface area contributed by atoms with Crippen molar-refractivity contribution in [2.45, 2.75) is 33.2 Å². The zero-order valence-corrected chi connectivity index (χ0v) is 16.1. The molecule has 0 atom stereocenters. The van der Waals surface area contributed by atoms with E-state index in [1.54, 1.807) is 6.07 Å². The summed E-state index contributed by atoms with van der Waals surface area (Å²) in [5, 5.41) is 11.8. The summed E-state index contributed by atoms with van der Waals surface area (Å²) < 4.78 is 6.29. The van der Waals surface area contributed by atoms with Crippen LogP contribution in [0.5, 0.6) is 0 Å². The van der Waals surface area contributed by atoms with Gasteiger partial charge in [0.2, 0.25) is 0 Å². The maximum atomic E-state index is 12.6. The number of aryl methyl sites for hydroxylation is 1. The number of fused-ring (bicyclic) bond motifs is 1. The van der Waals surface area contributed by atoms with Crippen molar-refractivity contribution in [1.82, 2.24) is 4.57 Å². The lowest BCUT2D eigenvalue weighted by molar-refractivity contribution is -0.385. The number of carbonyl (C=O) groups excluding carboxylic acids is 1. The van der Waals surface area contributed by atoms with Crippen LogP contribution in [0.3, 0.4) is 0 Å². The van der Waals surface area contributed by atoms with Crippen molar-refractivity contribution in [2.24, 2.45) is 5.73 Å². The molecule has 3 rings (SSSR count). The third-order valence-electron chi connectivity index (χ3n) is 4.73. The number of rotatable bonds is 5. The predicted molar refractivity (Wildman–Crippen MR) is 106 cm³/mol. The maximum Gasteiger partial charge on any atom is 0.336 e. The van der Waals surface area contributed by atoms with Gasteiger partial charge in [0.1, 0.15) is 11.1 Å². The molecule has 2 heterocycles. The van der Waals surface area contributed by atoms with Crippen LogP contribution >= 0.6 is 0 Å². The first kappa shape index (κ1) is 20.0. The summed E-state index contributed by atoms with van der Waals surface area (Å²) in [7, 11) is 0. The largest absolute Gasteiger partial charge is 0.423 e. The summed E-state index contributed by atoms with van der Waals surface area (Å²) in [4.78, 5) is 46.6. The van der Waals surface area contributed by atoms with Crippen LogP contribution in [0.25, 0.3) is 11.0 Å². The molecule has 0 aliphatic rings. The SMILES string of the molecule is Cc1cc2oc(=O)cc(Cn3cc([N+](=O)[O-])cc(C(N)=O)c3=O)c2cc1C(C)C. The molecule has 0 aliphatic heterocycles. The van der Waals surface area contributed by atoms with Crippen LogP contribution in [0.15, 0.2) is 44.5 Å². The van der Waals surface area contributed by atoms with Crippen molar-refractivity contribution in [3.63, 3.8) is 0 Å². The monoisotopic (exact) mass is 397 g/mol. The Hall–Kier alpha value is -3.75. The molecule has 0 spiro atoms. The lowest BCUT2D eigenvalue weighted by Gasteiger charge is -2.14. The second-order valence-corrected chi connectivity index (χ2v) is 7.12. The first-order valence-corrected chi connectivity index (χ1v) is 8.84. The molecular weight excluding hydrogens is 378 g/mol. The van der Waals surface area contributed by atoms with Gasteiger partial charge >= 0.3 is 5.63 Å². The minimum Gasteiger partial charge on any atom is -0.423 e. The number of nitrogens with zero attached hydrogens (tertiary/aromatic N) is 2. The fraction of sp³-hybridized carbons (Fsp3) is 0.250. The highest BCUT2D eigenvalue weighted by atomic mass is 16.6. The van der Waals surface area contributed by atoms with Gasteiger partial charge in [0, 0.05) is 17.5 Å². The number of hydrogen-bond donors (Lipinski definition) is 1. The predicted octanol–water partition coefficient (Wildman–Crippen LogP) is 2.44. The Morgan fingerprint density at radius 1 is 1.24 bits per heavy atom. The van der Waals surface area contributed by atoms with Gasteiger partial charge in [-0.2, -0.15) is 0 Å². The molecule has 1 amide bonds. The number of carbonyl (C=O) groups is 1. The second kappa shape index (κ2) is 7.34. The molecule has 0 aliphatic carbocycles. The summed E-state index contributed by atoms with van der Waals surface area (Å²) in [5.41, 5.74) is 5.64. The van der Waals surface area contributed by atoms with Gasteiger partial charge in [-0.05, 0) is 41.7 Å². The molecular formula is C20H19N3O6. The van der Waals surface area contributed by atoms with Crippen LogP contribution in [-0.4, -0.2) is 15.4 Å². The average Bonchev–Trinajstić information content (AvgIpc) is 2.61. The van der Waals surface area contributed by atoms with Crippen molar-refractivity contribution < 1.29 is 14.1 Å². The number of benzene rings is 1. The van der Waals surface area contributed by atoms with Gasteiger partial charge in [-0.1, -0.05) is 13.8 Å². The van der Waals surface area contributed by atoms with E-state index in [1.807, 2.05) is 26.8 Å². The van der Waals surface area contributed by atoms with Crippen LogP contribution < -0.4 is 16.9 Å². The van der Waals surface area contributed by atoms with E-state index >= 15 is 0 Å². The minimum atomic E-state index is -1.07. The third-order valence-corrected chi connectivity index (χ3v) is 4.73. The summed E-state index contributed by atoms with van der Waals surface area (Å²) in [6, 6.07) is 5.71. The van der Waals surface area contributed by atoms with E-state index in [0.717, 1.165) is 28.0 Å². The van der Waals surface area contributed by atoms with Gasteiger partial charge in [0.25, 0.3) is 17.2 Å². The van der Waals surface area contributed by atoms with Crippen LogP contribution in [0.1, 0.15) is 46.8 Å². The van der Waals surface area contributed by atoms with E-state index < -0.39 is 33.3 Å². The molecule has 1 aromatic carbocycles. The highest BCUT2D eigenvalue weighted by molar-refractivity contribution is 5.93. The van der Waals surface area contributed by atoms with Crippen molar-refractivity contribution in [1.29, 1.82) is 0 Å². The van der Waals surface area contributed by atoms with E-state index in [-0.39, 0.29) is 12.5 Å². The number of pyridine rings is 1. The topological polar surface area (TPSA) is 138 Å². The molecule has 0 fully saturated rings. The highest BCUT2D eigenvalue weighted by Gasteiger charge is 2.19. The van der Waals surface area contributed by atoms with Gasteiger partial charge in [-0.25, -0.2) is 4.79 Å². The second-order valence-electron chi connectivity index (χ2n) is 7.12. The average molecular weight is 397 g/mol. The highest BCUT2D eigenvalue weighted by Crippen LogP contribution is 2.27. The molecule has 0 saturated carbocycles. The van der Waals surface area contributed by atoms with E-state index in [0.29, 0.717) is 16.5 Å². The molecule has 2 aromatic heterocycles. The number of hydrogen-bond acceptors (Lipinski definition) is 6. The Balaban J connectivity index is 2.26. The molecule has 3 aromatic rings. The number of aromatic nitrogens is 1.